The summed E-state index contributed by atoms with van der Waals surface area (Å²) in [7, 11) is 1.20. The van der Waals surface area contributed by atoms with Gasteiger partial charge >= 0.3 is 5.97 Å². The molecule has 0 aromatic heterocycles. The first-order chi connectivity index (χ1) is 10.4. The summed E-state index contributed by atoms with van der Waals surface area (Å²) in [6, 6.07) is 7.84. The number of carbonyl (C=O) groups is 2. The number of amides is 1. The Morgan fingerprint density at radius 2 is 1.86 bits per heavy atom. The normalized spacial score (nSPS) is 10.2. The first-order valence-corrected chi connectivity index (χ1v) is 6.82. The van der Waals surface area contributed by atoms with Crippen molar-refractivity contribution in [2.24, 2.45) is 0 Å². The van der Waals surface area contributed by atoms with Crippen molar-refractivity contribution in [3.8, 4) is 0 Å². The molecule has 2 aromatic carbocycles. The number of benzene rings is 2. The Morgan fingerprint density at radius 1 is 1.14 bits per heavy atom. The summed E-state index contributed by atoms with van der Waals surface area (Å²) in [5.41, 5.74) is 0.0392. The van der Waals surface area contributed by atoms with Gasteiger partial charge in [0.05, 0.1) is 28.9 Å². The topological polar surface area (TPSA) is 55.4 Å². The van der Waals surface area contributed by atoms with Crippen LogP contribution in [0.3, 0.4) is 0 Å². The number of nitrogens with one attached hydrogen (secondary N) is 1. The number of halogens is 3. The van der Waals surface area contributed by atoms with E-state index in [0.29, 0.717) is 5.02 Å². The van der Waals surface area contributed by atoms with E-state index in [1.54, 1.807) is 0 Å². The van der Waals surface area contributed by atoms with Crippen molar-refractivity contribution in [1.82, 2.24) is 0 Å². The van der Waals surface area contributed by atoms with E-state index < -0.39 is 17.7 Å². The molecular formula is C15H10Cl2FNO3. The second kappa shape index (κ2) is 6.77. The number of esters is 1. The molecule has 0 aliphatic rings. The fraction of sp³-hybridized carbons (Fsp3) is 0.0667. The summed E-state index contributed by atoms with van der Waals surface area (Å²) in [6.45, 7) is 0. The van der Waals surface area contributed by atoms with Gasteiger partial charge in [-0.05, 0) is 36.4 Å². The van der Waals surface area contributed by atoms with Gasteiger partial charge in [0.15, 0.2) is 0 Å². The van der Waals surface area contributed by atoms with Crippen LogP contribution < -0.4 is 5.32 Å². The highest BCUT2D eigenvalue weighted by Gasteiger charge is 2.15. The van der Waals surface area contributed by atoms with E-state index in [9.17, 15) is 14.0 Å². The Bertz CT molecular complexity index is 750. The van der Waals surface area contributed by atoms with Gasteiger partial charge in [0.1, 0.15) is 5.82 Å². The van der Waals surface area contributed by atoms with E-state index in [-0.39, 0.29) is 21.8 Å². The van der Waals surface area contributed by atoms with Crippen LogP contribution in [0.4, 0.5) is 10.1 Å². The Labute approximate surface area is 135 Å². The minimum atomic E-state index is -0.695. The first-order valence-electron chi connectivity index (χ1n) is 6.06. The van der Waals surface area contributed by atoms with E-state index in [1.807, 2.05) is 0 Å². The summed E-state index contributed by atoms with van der Waals surface area (Å²) in [6.07, 6.45) is 0. The van der Waals surface area contributed by atoms with Crippen LogP contribution in [0.1, 0.15) is 20.7 Å². The fourth-order valence-electron chi connectivity index (χ4n) is 1.73. The van der Waals surface area contributed by atoms with Gasteiger partial charge in [-0.2, -0.15) is 0 Å². The zero-order valence-corrected chi connectivity index (χ0v) is 12.8. The molecule has 2 aromatic rings. The van der Waals surface area contributed by atoms with Gasteiger partial charge in [-0.25, -0.2) is 9.18 Å². The molecule has 0 heterocycles. The molecule has 0 radical (unpaired) electrons. The maximum atomic E-state index is 13.8. The lowest BCUT2D eigenvalue weighted by Crippen LogP contribution is -2.14. The highest BCUT2D eigenvalue weighted by Crippen LogP contribution is 2.23. The monoisotopic (exact) mass is 341 g/mol. The maximum absolute atomic E-state index is 13.8. The molecule has 0 fully saturated rings. The number of hydrogen-bond acceptors (Lipinski definition) is 3. The molecule has 0 bridgehead atoms. The van der Waals surface area contributed by atoms with E-state index in [4.69, 9.17) is 23.2 Å². The Hall–Kier alpha value is -2.11. The lowest BCUT2D eigenvalue weighted by Gasteiger charge is -2.09. The van der Waals surface area contributed by atoms with E-state index in [2.05, 4.69) is 10.1 Å². The molecule has 0 spiro atoms. The predicted octanol–water partition coefficient (Wildman–Crippen LogP) is 4.17. The van der Waals surface area contributed by atoms with E-state index >= 15 is 0 Å². The third-order valence-corrected chi connectivity index (χ3v) is 3.37. The Kier molecular flexibility index (Phi) is 5.00. The number of rotatable bonds is 3. The van der Waals surface area contributed by atoms with Crippen molar-refractivity contribution < 1.29 is 18.7 Å². The number of anilines is 1. The van der Waals surface area contributed by atoms with Crippen molar-refractivity contribution in [3.05, 3.63) is 63.4 Å². The van der Waals surface area contributed by atoms with Crippen molar-refractivity contribution in [1.29, 1.82) is 0 Å². The third-order valence-electron chi connectivity index (χ3n) is 2.81. The number of hydrogen-bond donors (Lipinski definition) is 1. The third kappa shape index (κ3) is 3.55. The molecule has 0 atom stereocenters. The van der Waals surface area contributed by atoms with Gasteiger partial charge in [0.25, 0.3) is 5.91 Å². The summed E-state index contributed by atoms with van der Waals surface area (Å²) in [5.74, 6) is -1.98. The molecule has 0 aliphatic carbocycles. The largest absolute Gasteiger partial charge is 0.465 e. The lowest BCUT2D eigenvalue weighted by molar-refractivity contribution is 0.0600. The smallest absolute Gasteiger partial charge is 0.337 e. The fourth-order valence-corrected chi connectivity index (χ4v) is 2.10. The Morgan fingerprint density at radius 3 is 2.55 bits per heavy atom. The first kappa shape index (κ1) is 16.3. The zero-order valence-electron chi connectivity index (χ0n) is 11.3. The maximum Gasteiger partial charge on any atom is 0.337 e. The summed E-state index contributed by atoms with van der Waals surface area (Å²) < 4.78 is 18.3. The number of ether oxygens (including phenoxy) is 1. The molecule has 114 valence electrons. The lowest BCUT2D eigenvalue weighted by atomic mass is 10.1. The van der Waals surface area contributed by atoms with Gasteiger partial charge in [-0.3, -0.25) is 4.79 Å². The van der Waals surface area contributed by atoms with Gasteiger partial charge in [-0.1, -0.05) is 23.2 Å². The summed E-state index contributed by atoms with van der Waals surface area (Å²) >= 11 is 11.7. The highest BCUT2D eigenvalue weighted by atomic mass is 35.5. The molecule has 4 nitrogen and oxygen atoms in total. The molecule has 0 saturated heterocycles. The van der Waals surface area contributed by atoms with Crippen LogP contribution in [0.15, 0.2) is 36.4 Å². The average molecular weight is 342 g/mol. The van der Waals surface area contributed by atoms with Crippen molar-refractivity contribution >= 4 is 40.8 Å². The summed E-state index contributed by atoms with van der Waals surface area (Å²) in [4.78, 5) is 23.6. The Balaban J connectivity index is 2.32. The molecule has 1 N–H and O–H groups in total. The molecule has 1 amide bonds. The van der Waals surface area contributed by atoms with E-state index in [1.165, 1.54) is 37.4 Å². The van der Waals surface area contributed by atoms with Crippen LogP contribution in [-0.2, 0) is 4.74 Å². The molecule has 0 unspecified atom stereocenters. The number of methoxy groups -OCH3 is 1. The van der Waals surface area contributed by atoms with Crippen molar-refractivity contribution in [2.45, 2.75) is 0 Å². The highest BCUT2D eigenvalue weighted by molar-refractivity contribution is 6.36. The molecule has 0 saturated carbocycles. The standard InChI is InChI=1S/C15H10Cl2FNO3/c1-22-15(21)8-2-5-12(18)13(6-8)19-14(20)10-7-9(16)3-4-11(10)17/h2-7H,1H3,(H,19,20). The van der Waals surface area contributed by atoms with E-state index in [0.717, 1.165) is 6.07 Å². The molecule has 22 heavy (non-hydrogen) atoms. The van der Waals surface area contributed by atoms with Crippen molar-refractivity contribution in [3.63, 3.8) is 0 Å². The second-order valence-electron chi connectivity index (χ2n) is 4.26. The molecular weight excluding hydrogens is 332 g/mol. The SMILES string of the molecule is COC(=O)c1ccc(F)c(NC(=O)c2cc(Cl)ccc2Cl)c1. The predicted molar refractivity (Wildman–Crippen MR) is 82.2 cm³/mol. The quantitative estimate of drug-likeness (QED) is 0.852. The average Bonchev–Trinajstić information content (AvgIpc) is 2.50. The van der Waals surface area contributed by atoms with Gasteiger partial charge in [0, 0.05) is 5.02 Å². The van der Waals surface area contributed by atoms with Crippen LogP contribution in [0.25, 0.3) is 0 Å². The van der Waals surface area contributed by atoms with Crippen LogP contribution in [0, 0.1) is 5.82 Å². The molecule has 2 rings (SSSR count). The minimum absolute atomic E-state index is 0.0945. The number of carbonyl (C=O) groups excluding carboxylic acids is 2. The van der Waals surface area contributed by atoms with Crippen LogP contribution >= 0.6 is 23.2 Å². The van der Waals surface area contributed by atoms with Gasteiger partial charge < -0.3 is 10.1 Å². The van der Waals surface area contributed by atoms with Gasteiger partial charge in [-0.15, -0.1) is 0 Å². The second-order valence-corrected chi connectivity index (χ2v) is 5.11. The minimum Gasteiger partial charge on any atom is -0.465 e. The van der Waals surface area contributed by atoms with Crippen molar-refractivity contribution in [2.75, 3.05) is 12.4 Å². The van der Waals surface area contributed by atoms with Crippen LogP contribution in [-0.4, -0.2) is 19.0 Å². The molecule has 0 aliphatic heterocycles. The summed E-state index contributed by atoms with van der Waals surface area (Å²) in [5, 5.41) is 2.84. The van der Waals surface area contributed by atoms with Crippen LogP contribution in [0.2, 0.25) is 10.0 Å². The van der Waals surface area contributed by atoms with Crippen LogP contribution in [0.5, 0.6) is 0 Å². The zero-order chi connectivity index (χ0) is 16.3. The molecule has 7 heteroatoms. The van der Waals surface area contributed by atoms with Gasteiger partial charge in [0.2, 0.25) is 0 Å².